The lowest BCUT2D eigenvalue weighted by Crippen LogP contribution is -2.69. The largest absolute Gasteiger partial charge is 0.480 e. The zero-order valence-electron chi connectivity index (χ0n) is 8.10. The topological polar surface area (TPSA) is 78.9 Å². The number of nitrogens with two attached hydrogens (primary N) is 1. The molecule has 0 fully saturated rings. The molecule has 2 rings (SSSR count). The van der Waals surface area contributed by atoms with Crippen molar-refractivity contribution in [1.82, 2.24) is 0 Å². The van der Waals surface area contributed by atoms with Crippen LogP contribution in [0.1, 0.15) is 12.0 Å². The van der Waals surface area contributed by atoms with Crippen molar-refractivity contribution >= 4 is 17.2 Å². The minimum atomic E-state index is -0.972. The Labute approximate surface area is 87.4 Å². The van der Waals surface area contributed by atoms with Gasteiger partial charge in [-0.05, 0) is 6.07 Å². The molecule has 4 heteroatoms. The number of aliphatic carboxylic acids is 1. The van der Waals surface area contributed by atoms with Gasteiger partial charge in [-0.15, -0.1) is 5.32 Å². The number of benzene rings is 1. The Balaban J connectivity index is 2.17. The molecule has 4 N–H and O–H groups in total. The molecule has 0 amide bonds. The maximum absolute atomic E-state index is 10.6. The fraction of sp³-hybridized carbons (Fsp3) is 0.182. The van der Waals surface area contributed by atoms with Crippen LogP contribution in [0.15, 0.2) is 30.5 Å². The van der Waals surface area contributed by atoms with E-state index in [0.717, 1.165) is 16.8 Å². The van der Waals surface area contributed by atoms with Crippen molar-refractivity contribution in [2.75, 3.05) is 0 Å². The van der Waals surface area contributed by atoms with Crippen LogP contribution in [0.4, 0.5) is 5.69 Å². The number of para-hydroxylation sites is 1. The molecule has 0 aliphatic carbocycles. The first-order valence-corrected chi connectivity index (χ1v) is 4.72. The first kappa shape index (κ1) is 9.89. The van der Waals surface area contributed by atoms with Gasteiger partial charge in [-0.25, -0.2) is 0 Å². The molecule has 0 saturated heterocycles. The number of fused-ring (bicyclic) bond motifs is 1. The molecule has 1 aliphatic rings. The summed E-state index contributed by atoms with van der Waals surface area (Å²) >= 11 is 0. The van der Waals surface area contributed by atoms with Crippen LogP contribution in [-0.4, -0.2) is 17.1 Å². The summed E-state index contributed by atoms with van der Waals surface area (Å²) < 4.78 is 0. The molecular weight excluding hydrogens is 192 g/mol. The third kappa shape index (κ3) is 1.91. The number of carboxylic acid groups (broad SMARTS) is 1. The summed E-state index contributed by atoms with van der Waals surface area (Å²) in [4.78, 5) is 10.6. The second kappa shape index (κ2) is 3.84. The van der Waals surface area contributed by atoms with Crippen LogP contribution >= 0.6 is 0 Å². The number of hydrogen-bond acceptors (Lipinski definition) is 3. The van der Waals surface area contributed by atoms with E-state index in [0.29, 0.717) is 6.42 Å². The maximum atomic E-state index is 10.6. The van der Waals surface area contributed by atoms with Crippen LogP contribution in [0, 0.1) is 0 Å². The van der Waals surface area contributed by atoms with Gasteiger partial charge < -0.3 is 10.8 Å². The van der Waals surface area contributed by atoms with E-state index in [1.54, 1.807) is 0 Å². The number of carboxylic acids is 1. The average Bonchev–Trinajstić information content (AvgIpc) is 2.62. The van der Waals surface area contributed by atoms with Crippen LogP contribution in [0.25, 0.3) is 5.57 Å². The Morgan fingerprint density at radius 3 is 2.93 bits per heavy atom. The van der Waals surface area contributed by atoms with Crippen LogP contribution in [0.3, 0.4) is 0 Å². The van der Waals surface area contributed by atoms with Crippen LogP contribution < -0.4 is 11.1 Å². The van der Waals surface area contributed by atoms with E-state index in [2.05, 4.69) is 5.32 Å². The third-order valence-electron chi connectivity index (χ3n) is 2.43. The van der Waals surface area contributed by atoms with E-state index in [9.17, 15) is 4.79 Å². The Bertz CT molecular complexity index is 426. The van der Waals surface area contributed by atoms with Gasteiger partial charge in [0.2, 0.25) is 0 Å². The van der Waals surface area contributed by atoms with Crippen LogP contribution in [0.5, 0.6) is 0 Å². The number of hydrogen-bond donors (Lipinski definition) is 3. The lowest BCUT2D eigenvalue weighted by molar-refractivity contribution is -0.491. The van der Waals surface area contributed by atoms with Gasteiger partial charge in [0.25, 0.3) is 0 Å². The van der Waals surface area contributed by atoms with E-state index in [1.165, 1.54) is 0 Å². The highest BCUT2D eigenvalue weighted by atomic mass is 16.4. The molecule has 1 aromatic rings. The summed E-state index contributed by atoms with van der Waals surface area (Å²) in [6, 6.07) is 6.91. The Morgan fingerprint density at radius 1 is 1.47 bits per heavy atom. The zero-order chi connectivity index (χ0) is 10.8. The van der Waals surface area contributed by atoms with Crippen molar-refractivity contribution < 1.29 is 15.2 Å². The highest BCUT2D eigenvalue weighted by Crippen LogP contribution is 2.26. The van der Waals surface area contributed by atoms with Crippen molar-refractivity contribution in [2.24, 2.45) is 5.73 Å². The summed E-state index contributed by atoms with van der Waals surface area (Å²) in [6.07, 6.45) is 2.16. The van der Waals surface area contributed by atoms with Crippen molar-refractivity contribution in [2.45, 2.75) is 12.5 Å². The van der Waals surface area contributed by atoms with Gasteiger partial charge in [0.05, 0.1) is 0 Å². The summed E-state index contributed by atoms with van der Waals surface area (Å²) in [5.41, 5.74) is 8.47. The minimum Gasteiger partial charge on any atom is -0.480 e. The second-order valence-corrected chi connectivity index (χ2v) is 3.51. The fourth-order valence-corrected chi connectivity index (χ4v) is 1.62. The molecular formula is C11H12N2O2+. The van der Waals surface area contributed by atoms with Crippen molar-refractivity contribution in [3.05, 3.63) is 36.0 Å². The molecule has 1 aromatic carbocycles. The predicted octanol–water partition coefficient (Wildman–Crippen LogP) is -0.176. The van der Waals surface area contributed by atoms with E-state index in [4.69, 9.17) is 10.8 Å². The quantitative estimate of drug-likeness (QED) is 0.639. The smallest absolute Gasteiger partial charge is 0.320 e. The van der Waals surface area contributed by atoms with E-state index >= 15 is 0 Å². The van der Waals surface area contributed by atoms with Gasteiger partial charge in [-0.1, -0.05) is 12.1 Å². The molecule has 77 valence electrons. The highest BCUT2D eigenvalue weighted by molar-refractivity contribution is 5.80. The Hall–Kier alpha value is -1.65. The van der Waals surface area contributed by atoms with Crippen LogP contribution in [-0.2, 0) is 4.79 Å². The summed E-state index contributed by atoms with van der Waals surface area (Å²) in [6.45, 7) is 0. The van der Waals surface area contributed by atoms with Gasteiger partial charge in [0, 0.05) is 23.6 Å². The molecule has 1 radical (unpaired) electrons. The van der Waals surface area contributed by atoms with Crippen molar-refractivity contribution in [1.29, 1.82) is 0 Å². The number of carbonyl (C=O) groups is 1. The van der Waals surface area contributed by atoms with E-state index in [-0.39, 0.29) is 0 Å². The minimum absolute atomic E-state index is 0.347. The second-order valence-electron chi connectivity index (χ2n) is 3.51. The number of nitrogens with one attached hydrogen (secondary N) is 1. The lowest BCUT2D eigenvalue weighted by atomic mass is 10.0. The normalized spacial score (nSPS) is 15.7. The van der Waals surface area contributed by atoms with E-state index in [1.807, 2.05) is 30.5 Å². The Morgan fingerprint density at radius 2 is 2.20 bits per heavy atom. The third-order valence-corrected chi connectivity index (χ3v) is 2.43. The van der Waals surface area contributed by atoms with Gasteiger partial charge in [0.1, 0.15) is 6.04 Å². The molecule has 0 bridgehead atoms. The van der Waals surface area contributed by atoms with Gasteiger partial charge in [-0.2, -0.15) is 0 Å². The molecule has 1 atom stereocenters. The standard InChI is InChI=1S/C11H12N2O2/c12-9(11(14)15)5-7-6-13-10-4-2-1-3-8(7)10/h1-4,6,9,13H,5,12H2,(H,14,15)/q+1/t9-/m0/s1. The Kier molecular flexibility index (Phi) is 2.53. The molecule has 1 aliphatic heterocycles. The van der Waals surface area contributed by atoms with Crippen molar-refractivity contribution in [3.8, 4) is 0 Å². The molecule has 15 heavy (non-hydrogen) atoms. The van der Waals surface area contributed by atoms with E-state index < -0.39 is 12.0 Å². The van der Waals surface area contributed by atoms with Gasteiger partial charge >= 0.3 is 5.97 Å². The number of anilines is 1. The first-order valence-electron chi connectivity index (χ1n) is 4.72. The molecule has 4 nitrogen and oxygen atoms in total. The first-order chi connectivity index (χ1) is 7.18. The monoisotopic (exact) mass is 204 g/mol. The van der Waals surface area contributed by atoms with Gasteiger partial charge in [0.15, 0.2) is 11.9 Å². The average molecular weight is 204 g/mol. The zero-order valence-corrected chi connectivity index (χ0v) is 8.10. The molecule has 0 spiro atoms. The predicted molar refractivity (Wildman–Crippen MR) is 55.3 cm³/mol. The molecule has 0 unspecified atom stereocenters. The lowest BCUT2D eigenvalue weighted by Gasteiger charge is -2.05. The summed E-state index contributed by atoms with van der Waals surface area (Å²) in [5, 5.41) is 11.8. The maximum Gasteiger partial charge on any atom is 0.320 e. The molecule has 0 aromatic heterocycles. The summed E-state index contributed by atoms with van der Waals surface area (Å²) in [7, 11) is 0. The van der Waals surface area contributed by atoms with Crippen LogP contribution in [0.2, 0.25) is 0 Å². The summed E-state index contributed by atoms with van der Waals surface area (Å²) in [5.74, 6) is -0.972. The van der Waals surface area contributed by atoms with Gasteiger partial charge in [-0.3, -0.25) is 4.79 Å². The molecule has 1 heterocycles. The SMILES string of the molecule is N[C@@H](CC1=C[NH+]c2ccccc21)C(=O)O. The van der Waals surface area contributed by atoms with Crippen molar-refractivity contribution in [3.63, 3.8) is 0 Å². The highest BCUT2D eigenvalue weighted by Gasteiger charge is 2.24. The molecule has 0 saturated carbocycles. The fourth-order valence-electron chi connectivity index (χ4n) is 1.62. The number of rotatable bonds is 3.